The summed E-state index contributed by atoms with van der Waals surface area (Å²) in [7, 11) is 0. The smallest absolute Gasteiger partial charge is 0.251 e. The highest BCUT2D eigenvalue weighted by molar-refractivity contribution is 5.81. The molecule has 6 heteroatoms. The molecule has 1 amide bonds. The Bertz CT molecular complexity index is 559. The van der Waals surface area contributed by atoms with Gasteiger partial charge in [0.2, 0.25) is 0 Å². The molecule has 0 bridgehead atoms. The molecule has 21 heavy (non-hydrogen) atoms. The van der Waals surface area contributed by atoms with E-state index in [4.69, 9.17) is 14.6 Å². The molecule has 0 saturated carbocycles. The first-order chi connectivity index (χ1) is 10.2. The molecule has 0 aliphatic carbocycles. The average Bonchev–Trinajstić information content (AvgIpc) is 2.53. The van der Waals surface area contributed by atoms with Gasteiger partial charge in [-0.3, -0.25) is 4.79 Å². The summed E-state index contributed by atoms with van der Waals surface area (Å²) in [5.74, 6) is 4.42. The Labute approximate surface area is 122 Å². The van der Waals surface area contributed by atoms with E-state index in [9.17, 15) is 9.18 Å². The molecule has 2 N–H and O–H groups in total. The van der Waals surface area contributed by atoms with Crippen LogP contribution in [0.4, 0.5) is 4.39 Å². The number of aliphatic hydroxyl groups excluding tert-OH is 1. The van der Waals surface area contributed by atoms with Crippen molar-refractivity contribution < 1.29 is 23.8 Å². The van der Waals surface area contributed by atoms with Crippen molar-refractivity contribution in [3.63, 3.8) is 0 Å². The van der Waals surface area contributed by atoms with E-state index in [1.165, 1.54) is 18.2 Å². The molecule has 5 nitrogen and oxygen atoms in total. The molecule has 0 aromatic heterocycles. The molecule has 1 aliphatic heterocycles. The fourth-order valence-corrected chi connectivity index (χ4v) is 1.86. The zero-order chi connectivity index (χ0) is 15.1. The monoisotopic (exact) mass is 293 g/mol. The second-order valence-corrected chi connectivity index (χ2v) is 4.42. The van der Waals surface area contributed by atoms with E-state index in [0.717, 1.165) is 0 Å². The van der Waals surface area contributed by atoms with E-state index in [0.29, 0.717) is 24.3 Å². The highest BCUT2D eigenvalue weighted by Gasteiger charge is 2.22. The molecule has 1 fully saturated rings. The first-order valence-corrected chi connectivity index (χ1v) is 6.56. The number of carbonyl (C=O) groups excluding carboxylic acids is 1. The summed E-state index contributed by atoms with van der Waals surface area (Å²) in [6.45, 7) is 0.834. The van der Waals surface area contributed by atoms with E-state index in [1.54, 1.807) is 0 Å². The fraction of sp³-hybridized carbons (Fsp3) is 0.400. The number of hydrogen-bond acceptors (Lipinski definition) is 4. The predicted molar refractivity (Wildman–Crippen MR) is 72.8 cm³/mol. The Balaban J connectivity index is 1.96. The Morgan fingerprint density at radius 2 is 2.33 bits per heavy atom. The lowest BCUT2D eigenvalue weighted by Crippen LogP contribution is -2.42. The maximum atomic E-state index is 13.7. The van der Waals surface area contributed by atoms with Gasteiger partial charge in [-0.2, -0.15) is 0 Å². The Kier molecular flexibility index (Phi) is 5.69. The third-order valence-electron chi connectivity index (χ3n) is 2.92. The lowest BCUT2D eigenvalue weighted by molar-refractivity contribution is -0.147. The summed E-state index contributed by atoms with van der Waals surface area (Å²) >= 11 is 0. The molecule has 2 rings (SSSR count). The molecule has 1 heterocycles. The molecule has 1 aliphatic rings. The molecule has 0 spiro atoms. The SMILES string of the molecule is O=C(NCc1cc(C#CCO)ccc1F)C1COCCO1. The van der Waals surface area contributed by atoms with Gasteiger partial charge in [0.1, 0.15) is 12.4 Å². The minimum atomic E-state index is -0.654. The number of carbonyl (C=O) groups is 1. The van der Waals surface area contributed by atoms with E-state index in [1.807, 2.05) is 0 Å². The standard InChI is InChI=1S/C15H16FNO4/c16-13-4-3-11(2-1-5-18)8-12(13)9-17-15(19)14-10-20-6-7-21-14/h3-4,8,14,18H,5-7,9-10H2,(H,17,19). The van der Waals surface area contributed by atoms with Crippen LogP contribution in [0.5, 0.6) is 0 Å². The topological polar surface area (TPSA) is 67.8 Å². The second-order valence-electron chi connectivity index (χ2n) is 4.42. The first-order valence-electron chi connectivity index (χ1n) is 6.56. The summed E-state index contributed by atoms with van der Waals surface area (Å²) in [6.07, 6.45) is -0.654. The van der Waals surface area contributed by atoms with Gasteiger partial charge >= 0.3 is 0 Å². The Hall–Kier alpha value is -1.94. The van der Waals surface area contributed by atoms with Crippen molar-refractivity contribution in [2.45, 2.75) is 12.6 Å². The van der Waals surface area contributed by atoms with Gasteiger partial charge in [0.15, 0.2) is 6.10 Å². The summed E-state index contributed by atoms with van der Waals surface area (Å²) in [5, 5.41) is 11.3. The number of rotatable bonds is 3. The van der Waals surface area contributed by atoms with Crippen molar-refractivity contribution in [3.8, 4) is 11.8 Å². The average molecular weight is 293 g/mol. The van der Waals surface area contributed by atoms with Gasteiger partial charge in [-0.15, -0.1) is 0 Å². The van der Waals surface area contributed by atoms with Gasteiger partial charge in [-0.1, -0.05) is 11.8 Å². The molecular formula is C15H16FNO4. The molecule has 1 aromatic rings. The minimum absolute atomic E-state index is 0.0408. The van der Waals surface area contributed by atoms with E-state index >= 15 is 0 Å². The third kappa shape index (κ3) is 4.53. The number of benzene rings is 1. The predicted octanol–water partition coefficient (Wildman–Crippen LogP) is 0.201. The number of hydrogen-bond donors (Lipinski definition) is 2. The number of ether oxygens (including phenoxy) is 2. The van der Waals surface area contributed by atoms with Crippen LogP contribution in [0.2, 0.25) is 0 Å². The lowest BCUT2D eigenvalue weighted by Gasteiger charge is -2.22. The highest BCUT2D eigenvalue weighted by Crippen LogP contribution is 2.10. The van der Waals surface area contributed by atoms with Crippen LogP contribution in [-0.4, -0.2) is 43.5 Å². The van der Waals surface area contributed by atoms with Crippen LogP contribution in [0.25, 0.3) is 0 Å². The molecule has 112 valence electrons. The van der Waals surface area contributed by atoms with Crippen molar-refractivity contribution in [1.82, 2.24) is 5.32 Å². The zero-order valence-corrected chi connectivity index (χ0v) is 11.4. The van der Waals surface area contributed by atoms with E-state index in [-0.39, 0.29) is 25.7 Å². The fourth-order valence-electron chi connectivity index (χ4n) is 1.86. The zero-order valence-electron chi connectivity index (χ0n) is 11.4. The van der Waals surface area contributed by atoms with Gasteiger partial charge in [-0.25, -0.2) is 4.39 Å². The number of nitrogens with one attached hydrogen (secondary N) is 1. The summed E-state index contributed by atoms with van der Waals surface area (Å²) in [4.78, 5) is 11.8. The highest BCUT2D eigenvalue weighted by atomic mass is 19.1. The molecule has 1 aromatic carbocycles. The largest absolute Gasteiger partial charge is 0.384 e. The lowest BCUT2D eigenvalue weighted by atomic mass is 10.1. The Morgan fingerprint density at radius 3 is 3.05 bits per heavy atom. The number of aliphatic hydroxyl groups is 1. The van der Waals surface area contributed by atoms with E-state index in [2.05, 4.69) is 17.2 Å². The third-order valence-corrected chi connectivity index (χ3v) is 2.92. The van der Waals surface area contributed by atoms with Crippen LogP contribution in [0, 0.1) is 17.7 Å². The van der Waals surface area contributed by atoms with Gasteiger partial charge in [0.25, 0.3) is 5.91 Å². The number of amides is 1. The summed E-state index contributed by atoms with van der Waals surface area (Å²) in [6, 6.07) is 4.33. The van der Waals surface area contributed by atoms with Crippen molar-refractivity contribution in [2.24, 2.45) is 0 Å². The second kappa shape index (κ2) is 7.74. The van der Waals surface area contributed by atoms with Crippen molar-refractivity contribution in [2.75, 3.05) is 26.4 Å². The van der Waals surface area contributed by atoms with Crippen LogP contribution in [0.3, 0.4) is 0 Å². The van der Waals surface area contributed by atoms with Crippen LogP contribution in [0.1, 0.15) is 11.1 Å². The molecule has 1 atom stereocenters. The van der Waals surface area contributed by atoms with Crippen LogP contribution >= 0.6 is 0 Å². The number of halogens is 1. The van der Waals surface area contributed by atoms with Gasteiger partial charge in [0, 0.05) is 17.7 Å². The molecular weight excluding hydrogens is 277 g/mol. The summed E-state index contributed by atoms with van der Waals surface area (Å²) < 4.78 is 24.1. The van der Waals surface area contributed by atoms with Crippen LogP contribution in [0.15, 0.2) is 18.2 Å². The molecule has 0 radical (unpaired) electrons. The van der Waals surface area contributed by atoms with Crippen LogP contribution < -0.4 is 5.32 Å². The Morgan fingerprint density at radius 1 is 1.48 bits per heavy atom. The van der Waals surface area contributed by atoms with Crippen molar-refractivity contribution in [1.29, 1.82) is 0 Å². The molecule has 1 saturated heterocycles. The normalized spacial score (nSPS) is 17.7. The van der Waals surface area contributed by atoms with Crippen molar-refractivity contribution in [3.05, 3.63) is 35.1 Å². The van der Waals surface area contributed by atoms with Crippen LogP contribution in [-0.2, 0) is 20.8 Å². The van der Waals surface area contributed by atoms with Crippen molar-refractivity contribution >= 4 is 5.91 Å². The quantitative estimate of drug-likeness (QED) is 0.781. The van der Waals surface area contributed by atoms with Gasteiger partial charge in [-0.05, 0) is 18.2 Å². The maximum Gasteiger partial charge on any atom is 0.251 e. The maximum absolute atomic E-state index is 13.7. The summed E-state index contributed by atoms with van der Waals surface area (Å²) in [5.41, 5.74) is 0.900. The van der Waals surface area contributed by atoms with E-state index < -0.39 is 11.9 Å². The minimum Gasteiger partial charge on any atom is -0.384 e. The molecule has 1 unspecified atom stereocenters. The van der Waals surface area contributed by atoms with Gasteiger partial charge < -0.3 is 19.9 Å². The van der Waals surface area contributed by atoms with Gasteiger partial charge in [0.05, 0.1) is 19.8 Å². The first kappa shape index (κ1) is 15.4.